The minimum absolute atomic E-state index is 0.665. The third kappa shape index (κ3) is 9.69. The van der Waals surface area contributed by atoms with Gasteiger partial charge in [0.15, 0.2) is 5.96 Å². The number of methoxy groups -OCH3 is 1. The summed E-state index contributed by atoms with van der Waals surface area (Å²) in [6.45, 7) is 4.00. The second-order valence-electron chi connectivity index (χ2n) is 5.68. The molecular formula is C16H33N3O2. The molecule has 21 heavy (non-hydrogen) atoms. The highest BCUT2D eigenvalue weighted by molar-refractivity contribution is 5.79. The minimum Gasteiger partial charge on any atom is -0.382 e. The molecule has 0 heterocycles. The summed E-state index contributed by atoms with van der Waals surface area (Å²) in [4.78, 5) is 4.25. The number of hydrogen-bond donors (Lipinski definition) is 2. The molecule has 0 aliphatic heterocycles. The number of ether oxygens (including phenoxy) is 2. The van der Waals surface area contributed by atoms with Crippen LogP contribution in [-0.2, 0) is 9.47 Å². The Kier molecular flexibility index (Phi) is 11.2. The molecule has 0 saturated heterocycles. The highest BCUT2D eigenvalue weighted by Gasteiger charge is 2.12. The predicted molar refractivity (Wildman–Crippen MR) is 87.9 cm³/mol. The number of nitrogens with one attached hydrogen (secondary N) is 2. The number of nitrogens with zero attached hydrogens (tertiary/aromatic N) is 1. The second kappa shape index (κ2) is 12.9. The van der Waals surface area contributed by atoms with Gasteiger partial charge in [0.25, 0.3) is 0 Å². The molecule has 0 unspecified atom stereocenters. The van der Waals surface area contributed by atoms with Crippen LogP contribution < -0.4 is 10.6 Å². The zero-order valence-electron chi connectivity index (χ0n) is 13.8. The Morgan fingerprint density at radius 2 is 1.81 bits per heavy atom. The van der Waals surface area contributed by atoms with Gasteiger partial charge in [-0.3, -0.25) is 4.99 Å². The first kappa shape index (κ1) is 18.2. The van der Waals surface area contributed by atoms with Crippen molar-refractivity contribution in [1.29, 1.82) is 0 Å². The van der Waals surface area contributed by atoms with Crippen molar-refractivity contribution in [2.45, 2.75) is 44.9 Å². The van der Waals surface area contributed by atoms with Gasteiger partial charge in [0, 0.05) is 33.9 Å². The number of hydrogen-bond acceptors (Lipinski definition) is 3. The van der Waals surface area contributed by atoms with Crippen LogP contribution in [-0.4, -0.2) is 53.0 Å². The van der Waals surface area contributed by atoms with E-state index in [9.17, 15) is 0 Å². The summed E-state index contributed by atoms with van der Waals surface area (Å²) in [5.41, 5.74) is 0. The van der Waals surface area contributed by atoms with Crippen LogP contribution in [0.25, 0.3) is 0 Å². The average Bonchev–Trinajstić information content (AvgIpc) is 2.53. The molecule has 1 aliphatic carbocycles. The average molecular weight is 299 g/mol. The fraction of sp³-hybridized carbons (Fsp3) is 0.938. The Bertz CT molecular complexity index is 266. The predicted octanol–water partition coefficient (Wildman–Crippen LogP) is 2.17. The highest BCUT2D eigenvalue weighted by atomic mass is 16.5. The van der Waals surface area contributed by atoms with E-state index in [0.29, 0.717) is 13.2 Å². The standard InChI is InChI=1S/C16H33N3O2/c1-17-16(18-10-6-12-21-14-13-20-2)19-11-9-15-7-4-3-5-8-15/h15H,3-14H2,1-2H3,(H2,17,18,19). The fourth-order valence-electron chi connectivity index (χ4n) is 2.72. The summed E-state index contributed by atoms with van der Waals surface area (Å²) in [5, 5.41) is 6.73. The molecule has 5 nitrogen and oxygen atoms in total. The van der Waals surface area contributed by atoms with Crippen LogP contribution in [0.5, 0.6) is 0 Å². The monoisotopic (exact) mass is 299 g/mol. The molecule has 1 fully saturated rings. The van der Waals surface area contributed by atoms with Gasteiger partial charge >= 0.3 is 0 Å². The summed E-state index contributed by atoms with van der Waals surface area (Å²) in [6, 6.07) is 0. The first-order chi connectivity index (χ1) is 10.4. The Hall–Kier alpha value is -0.810. The van der Waals surface area contributed by atoms with Crippen molar-refractivity contribution in [1.82, 2.24) is 10.6 Å². The molecule has 0 radical (unpaired) electrons. The lowest BCUT2D eigenvalue weighted by molar-refractivity contribution is 0.0698. The van der Waals surface area contributed by atoms with Crippen molar-refractivity contribution in [3.8, 4) is 0 Å². The van der Waals surface area contributed by atoms with E-state index in [1.807, 2.05) is 7.05 Å². The Labute approximate surface area is 129 Å². The quantitative estimate of drug-likeness (QED) is 0.369. The molecule has 0 aromatic heterocycles. The molecule has 2 N–H and O–H groups in total. The van der Waals surface area contributed by atoms with E-state index in [0.717, 1.165) is 38.0 Å². The van der Waals surface area contributed by atoms with E-state index in [1.165, 1.54) is 38.5 Å². The summed E-state index contributed by atoms with van der Waals surface area (Å²) in [6.07, 6.45) is 9.33. The molecule has 1 saturated carbocycles. The fourth-order valence-corrected chi connectivity index (χ4v) is 2.72. The molecule has 1 rings (SSSR count). The molecule has 5 heteroatoms. The van der Waals surface area contributed by atoms with E-state index in [2.05, 4.69) is 15.6 Å². The van der Waals surface area contributed by atoms with Gasteiger partial charge in [-0.05, 0) is 18.8 Å². The van der Waals surface area contributed by atoms with Gasteiger partial charge in [0.1, 0.15) is 0 Å². The lowest BCUT2D eigenvalue weighted by atomic mass is 9.87. The third-order valence-corrected chi connectivity index (χ3v) is 3.98. The van der Waals surface area contributed by atoms with E-state index in [-0.39, 0.29) is 0 Å². The third-order valence-electron chi connectivity index (χ3n) is 3.98. The first-order valence-electron chi connectivity index (χ1n) is 8.38. The number of aliphatic imine (C=N–C) groups is 1. The van der Waals surface area contributed by atoms with E-state index in [1.54, 1.807) is 7.11 Å². The molecule has 0 spiro atoms. The van der Waals surface area contributed by atoms with Crippen molar-refractivity contribution in [3.63, 3.8) is 0 Å². The Balaban J connectivity index is 1.96. The smallest absolute Gasteiger partial charge is 0.190 e. The number of guanidine groups is 1. The van der Waals surface area contributed by atoms with Gasteiger partial charge in [-0.15, -0.1) is 0 Å². The lowest BCUT2D eigenvalue weighted by Gasteiger charge is -2.22. The molecule has 0 aromatic rings. The summed E-state index contributed by atoms with van der Waals surface area (Å²) < 4.78 is 10.4. The lowest BCUT2D eigenvalue weighted by Crippen LogP contribution is -2.39. The topological polar surface area (TPSA) is 54.9 Å². The van der Waals surface area contributed by atoms with Gasteiger partial charge in [0.05, 0.1) is 13.2 Å². The van der Waals surface area contributed by atoms with Crippen LogP contribution in [0.4, 0.5) is 0 Å². The SMILES string of the molecule is CN=C(NCCCOCCOC)NCCC1CCCCC1. The largest absolute Gasteiger partial charge is 0.382 e. The number of rotatable bonds is 10. The minimum atomic E-state index is 0.665. The molecule has 124 valence electrons. The highest BCUT2D eigenvalue weighted by Crippen LogP contribution is 2.25. The molecule has 0 amide bonds. The van der Waals surface area contributed by atoms with Crippen LogP contribution in [0.15, 0.2) is 4.99 Å². The first-order valence-corrected chi connectivity index (χ1v) is 8.38. The second-order valence-corrected chi connectivity index (χ2v) is 5.68. The maximum atomic E-state index is 5.42. The maximum Gasteiger partial charge on any atom is 0.190 e. The molecule has 0 atom stereocenters. The van der Waals surface area contributed by atoms with Crippen LogP contribution in [0.1, 0.15) is 44.9 Å². The summed E-state index contributed by atoms with van der Waals surface area (Å²) >= 11 is 0. The van der Waals surface area contributed by atoms with Crippen molar-refractivity contribution >= 4 is 5.96 Å². The van der Waals surface area contributed by atoms with Gasteiger partial charge in [-0.25, -0.2) is 0 Å². The van der Waals surface area contributed by atoms with Crippen LogP contribution in [0.2, 0.25) is 0 Å². The van der Waals surface area contributed by atoms with Crippen molar-refractivity contribution in [2.75, 3.05) is 47.1 Å². The molecule has 1 aliphatic rings. The van der Waals surface area contributed by atoms with Gasteiger partial charge in [-0.2, -0.15) is 0 Å². The zero-order valence-corrected chi connectivity index (χ0v) is 13.8. The van der Waals surface area contributed by atoms with Crippen LogP contribution in [0, 0.1) is 5.92 Å². The Morgan fingerprint density at radius 1 is 1.05 bits per heavy atom. The summed E-state index contributed by atoms with van der Waals surface area (Å²) in [7, 11) is 3.51. The summed E-state index contributed by atoms with van der Waals surface area (Å²) in [5.74, 6) is 1.82. The van der Waals surface area contributed by atoms with Crippen molar-refractivity contribution < 1.29 is 9.47 Å². The van der Waals surface area contributed by atoms with Crippen molar-refractivity contribution in [3.05, 3.63) is 0 Å². The van der Waals surface area contributed by atoms with E-state index in [4.69, 9.17) is 9.47 Å². The maximum absolute atomic E-state index is 5.42. The van der Waals surface area contributed by atoms with Gasteiger partial charge in [-0.1, -0.05) is 32.1 Å². The van der Waals surface area contributed by atoms with Gasteiger partial charge in [0.2, 0.25) is 0 Å². The van der Waals surface area contributed by atoms with E-state index >= 15 is 0 Å². The molecular weight excluding hydrogens is 266 g/mol. The molecule has 0 aromatic carbocycles. The van der Waals surface area contributed by atoms with Crippen LogP contribution >= 0.6 is 0 Å². The zero-order chi connectivity index (χ0) is 15.2. The Morgan fingerprint density at radius 3 is 2.52 bits per heavy atom. The normalized spacial score (nSPS) is 17.0. The van der Waals surface area contributed by atoms with Crippen LogP contribution in [0.3, 0.4) is 0 Å². The van der Waals surface area contributed by atoms with E-state index < -0.39 is 0 Å². The molecule has 0 bridgehead atoms. The van der Waals surface area contributed by atoms with Gasteiger partial charge < -0.3 is 20.1 Å². The van der Waals surface area contributed by atoms with Crippen molar-refractivity contribution in [2.24, 2.45) is 10.9 Å².